The first-order chi connectivity index (χ1) is 16.3. The van der Waals surface area contributed by atoms with E-state index in [1.807, 2.05) is 0 Å². The number of nitriles is 1. The average molecular weight is 491 g/mol. The van der Waals surface area contributed by atoms with Crippen LogP contribution < -0.4 is 0 Å². The molecular formula is C23H18F5N5O2. The predicted octanol–water partition coefficient (Wildman–Crippen LogP) is 4.08. The van der Waals surface area contributed by atoms with Crippen LogP contribution in [0.25, 0.3) is 11.3 Å². The molecule has 0 saturated carbocycles. The minimum Gasteiger partial charge on any atom is -0.374 e. The number of aromatic nitrogens is 3. The van der Waals surface area contributed by atoms with E-state index < -0.39 is 41.2 Å². The van der Waals surface area contributed by atoms with Crippen molar-refractivity contribution in [2.45, 2.75) is 38.2 Å². The molecule has 1 N–H and O–H groups in total. The quantitative estimate of drug-likeness (QED) is 0.557. The molecule has 7 nitrogen and oxygen atoms in total. The summed E-state index contributed by atoms with van der Waals surface area (Å²) in [5.74, 6) is -2.67. The third-order valence-corrected chi connectivity index (χ3v) is 5.87. The Hall–Kier alpha value is -3.85. The van der Waals surface area contributed by atoms with Gasteiger partial charge in [0.2, 0.25) is 5.60 Å². The summed E-state index contributed by atoms with van der Waals surface area (Å²) in [7, 11) is 0. The van der Waals surface area contributed by atoms with Gasteiger partial charge in [0, 0.05) is 17.7 Å². The molecule has 3 aromatic rings. The predicted molar refractivity (Wildman–Crippen MR) is 112 cm³/mol. The minimum atomic E-state index is -4.96. The van der Waals surface area contributed by atoms with Gasteiger partial charge in [-0.2, -0.15) is 18.4 Å². The fourth-order valence-corrected chi connectivity index (χ4v) is 4.07. The summed E-state index contributed by atoms with van der Waals surface area (Å²) in [6.07, 6.45) is -2.96. The van der Waals surface area contributed by atoms with Crippen molar-refractivity contribution in [2.24, 2.45) is 0 Å². The number of amides is 1. The molecule has 0 unspecified atom stereocenters. The molecule has 3 heterocycles. The molecule has 0 spiro atoms. The molecule has 1 aliphatic rings. The zero-order valence-electron chi connectivity index (χ0n) is 18.4. The summed E-state index contributed by atoms with van der Waals surface area (Å²) in [4.78, 5) is 22.1. The highest BCUT2D eigenvalue weighted by Crippen LogP contribution is 2.40. The van der Waals surface area contributed by atoms with Crippen LogP contribution in [0.3, 0.4) is 0 Å². The van der Waals surface area contributed by atoms with Crippen molar-refractivity contribution in [1.82, 2.24) is 19.4 Å². The maximum absolute atomic E-state index is 14.6. The Bertz CT molecular complexity index is 1360. The molecule has 0 aliphatic carbocycles. The van der Waals surface area contributed by atoms with Crippen LogP contribution in [0.4, 0.5) is 22.0 Å². The van der Waals surface area contributed by atoms with Gasteiger partial charge in [-0.15, -0.1) is 0 Å². The molecule has 1 aromatic carbocycles. The zero-order valence-corrected chi connectivity index (χ0v) is 18.4. The highest BCUT2D eigenvalue weighted by atomic mass is 19.4. The number of halogens is 5. The van der Waals surface area contributed by atoms with Gasteiger partial charge in [-0.1, -0.05) is 0 Å². The van der Waals surface area contributed by atoms with Gasteiger partial charge in [0.15, 0.2) is 5.82 Å². The van der Waals surface area contributed by atoms with E-state index in [0.29, 0.717) is 6.92 Å². The number of carbonyl (C=O) groups is 1. The molecule has 0 radical (unpaired) electrons. The molecule has 1 aliphatic heterocycles. The summed E-state index contributed by atoms with van der Waals surface area (Å²) in [5.41, 5.74) is -3.38. The van der Waals surface area contributed by atoms with Crippen molar-refractivity contribution in [1.29, 1.82) is 5.26 Å². The molecule has 0 bridgehead atoms. The normalized spacial score (nSPS) is 17.5. The Morgan fingerprint density at radius 3 is 2.57 bits per heavy atom. The molecule has 0 fully saturated rings. The second kappa shape index (κ2) is 8.42. The summed E-state index contributed by atoms with van der Waals surface area (Å²) in [6.45, 7) is 2.09. The van der Waals surface area contributed by atoms with Crippen LogP contribution in [0.15, 0.2) is 36.7 Å². The lowest BCUT2D eigenvalue weighted by Gasteiger charge is -2.36. The first kappa shape index (κ1) is 24.3. The summed E-state index contributed by atoms with van der Waals surface area (Å²) in [5, 5.41) is 19.3. The van der Waals surface area contributed by atoms with Gasteiger partial charge in [0.25, 0.3) is 5.91 Å². The van der Waals surface area contributed by atoms with E-state index in [-0.39, 0.29) is 41.2 Å². The van der Waals surface area contributed by atoms with Crippen LogP contribution in [-0.4, -0.2) is 43.2 Å². The number of imidazole rings is 1. The van der Waals surface area contributed by atoms with Gasteiger partial charge < -0.3 is 14.6 Å². The van der Waals surface area contributed by atoms with Crippen LogP contribution in [0.5, 0.6) is 0 Å². The number of alkyl halides is 3. The SMILES string of the molecule is C[C@H]1CN(C(=O)c2ccc(F)c(-c3ncc(F)cc3C#N)c2)Cc2cnc([C@@](C)(O)C(F)(F)F)n21. The van der Waals surface area contributed by atoms with Crippen molar-refractivity contribution in [2.75, 3.05) is 6.54 Å². The van der Waals surface area contributed by atoms with Crippen molar-refractivity contribution >= 4 is 5.91 Å². The number of rotatable bonds is 3. The number of carbonyl (C=O) groups excluding carboxylic acids is 1. The molecule has 1 amide bonds. The van der Waals surface area contributed by atoms with Gasteiger partial charge in [-0.05, 0) is 38.1 Å². The van der Waals surface area contributed by atoms with Gasteiger partial charge in [-0.25, -0.2) is 13.8 Å². The highest BCUT2D eigenvalue weighted by Gasteiger charge is 2.55. The molecule has 2 atom stereocenters. The molecule has 35 heavy (non-hydrogen) atoms. The van der Waals surface area contributed by atoms with Crippen molar-refractivity contribution in [3.8, 4) is 17.3 Å². The summed E-state index contributed by atoms with van der Waals surface area (Å²) < 4.78 is 69.3. The van der Waals surface area contributed by atoms with Gasteiger partial charge in [-0.3, -0.25) is 9.78 Å². The molecule has 2 aromatic heterocycles. The highest BCUT2D eigenvalue weighted by molar-refractivity contribution is 5.95. The second-order valence-corrected chi connectivity index (χ2v) is 8.40. The van der Waals surface area contributed by atoms with Gasteiger partial charge >= 0.3 is 6.18 Å². The van der Waals surface area contributed by atoms with Crippen LogP contribution in [0.1, 0.15) is 47.3 Å². The maximum Gasteiger partial charge on any atom is 0.424 e. The van der Waals surface area contributed by atoms with E-state index in [2.05, 4.69) is 9.97 Å². The molecular weight excluding hydrogens is 473 g/mol. The fraction of sp³-hybridized carbons (Fsp3) is 0.304. The Morgan fingerprint density at radius 2 is 1.91 bits per heavy atom. The number of pyridine rings is 1. The number of benzene rings is 1. The molecule has 0 saturated heterocycles. The van der Waals surface area contributed by atoms with Crippen molar-refractivity contribution in [3.05, 3.63) is 70.9 Å². The number of nitrogens with zero attached hydrogens (tertiary/aromatic N) is 5. The standard InChI is InChI=1S/C23H18F5N5O2/c1-12-10-32(11-16-9-31-21(33(12)16)22(2,35)23(26,27)28)20(34)13-3-4-18(25)17(6-13)19-14(7-29)5-15(24)8-30-19/h3-6,8-9,12,35H,10-11H2,1-2H3/t12-,22+/m0/s1. The van der Waals surface area contributed by atoms with Crippen LogP contribution >= 0.6 is 0 Å². The fourth-order valence-electron chi connectivity index (χ4n) is 4.07. The summed E-state index contributed by atoms with van der Waals surface area (Å²) in [6, 6.07) is 5.42. The number of hydrogen-bond donors (Lipinski definition) is 1. The molecule has 4 rings (SSSR count). The minimum absolute atomic E-state index is 0.00587. The largest absolute Gasteiger partial charge is 0.424 e. The molecule has 12 heteroatoms. The van der Waals surface area contributed by atoms with Crippen LogP contribution in [-0.2, 0) is 12.1 Å². The third kappa shape index (κ3) is 4.12. The lowest BCUT2D eigenvalue weighted by molar-refractivity contribution is -0.263. The monoisotopic (exact) mass is 491 g/mol. The van der Waals surface area contributed by atoms with Gasteiger partial charge in [0.05, 0.1) is 41.9 Å². The first-order valence-electron chi connectivity index (χ1n) is 10.4. The average Bonchev–Trinajstić information content (AvgIpc) is 3.24. The third-order valence-electron chi connectivity index (χ3n) is 5.87. The number of aliphatic hydroxyl groups is 1. The maximum atomic E-state index is 14.6. The van der Waals surface area contributed by atoms with Crippen molar-refractivity contribution in [3.63, 3.8) is 0 Å². The smallest absolute Gasteiger partial charge is 0.374 e. The zero-order chi connectivity index (χ0) is 25.7. The van der Waals surface area contributed by atoms with Crippen LogP contribution in [0, 0.1) is 23.0 Å². The number of fused-ring (bicyclic) bond motifs is 1. The lowest BCUT2D eigenvalue weighted by Crippen LogP contribution is -2.45. The topological polar surface area (TPSA) is 95.0 Å². The van der Waals surface area contributed by atoms with E-state index in [1.54, 1.807) is 13.0 Å². The Balaban J connectivity index is 1.67. The molecule has 182 valence electrons. The van der Waals surface area contributed by atoms with Crippen LogP contribution in [0.2, 0.25) is 0 Å². The van der Waals surface area contributed by atoms with E-state index in [4.69, 9.17) is 0 Å². The Morgan fingerprint density at radius 1 is 1.20 bits per heavy atom. The van der Waals surface area contributed by atoms with Crippen molar-refractivity contribution < 1.29 is 31.9 Å². The van der Waals surface area contributed by atoms with Gasteiger partial charge in [0.1, 0.15) is 17.7 Å². The van der Waals surface area contributed by atoms with E-state index in [1.165, 1.54) is 27.8 Å². The van der Waals surface area contributed by atoms with E-state index >= 15 is 0 Å². The Labute approximate surface area is 196 Å². The number of hydrogen-bond acceptors (Lipinski definition) is 5. The van der Waals surface area contributed by atoms with E-state index in [9.17, 15) is 37.1 Å². The Kier molecular flexibility index (Phi) is 5.84. The first-order valence-corrected chi connectivity index (χ1v) is 10.4. The van der Waals surface area contributed by atoms with E-state index in [0.717, 1.165) is 18.3 Å². The summed E-state index contributed by atoms with van der Waals surface area (Å²) >= 11 is 0. The lowest BCUT2D eigenvalue weighted by atomic mass is 10.0. The second-order valence-electron chi connectivity index (χ2n) is 8.40.